The molecule has 0 atom stereocenters. The van der Waals surface area contributed by atoms with Crippen molar-refractivity contribution >= 4 is 33.2 Å². The Labute approximate surface area is 237 Å². The monoisotopic (exact) mass is 587 g/mol. The highest BCUT2D eigenvalue weighted by Gasteiger charge is 2.29. The molecule has 3 heterocycles. The van der Waals surface area contributed by atoms with Gasteiger partial charge in [0.25, 0.3) is 11.8 Å². The van der Waals surface area contributed by atoms with Crippen LogP contribution in [0.2, 0.25) is 0 Å². The van der Waals surface area contributed by atoms with E-state index >= 15 is 0 Å². The van der Waals surface area contributed by atoms with Gasteiger partial charge in [0.15, 0.2) is 11.5 Å². The Balaban J connectivity index is 1.18. The van der Waals surface area contributed by atoms with Crippen molar-refractivity contribution in [3.8, 4) is 11.5 Å². The average Bonchev–Trinajstić information content (AvgIpc) is 3.56. The van der Waals surface area contributed by atoms with E-state index in [1.165, 1.54) is 21.9 Å². The fraction of sp³-hybridized carbons (Fsp3) is 0.444. The van der Waals surface area contributed by atoms with Crippen LogP contribution in [-0.2, 0) is 30.2 Å². The topological polar surface area (TPSA) is 123 Å². The normalized spacial score (nSPS) is 16.1. The van der Waals surface area contributed by atoms with Crippen molar-refractivity contribution in [1.29, 1.82) is 0 Å². The molecule has 2 fully saturated rings. The van der Waals surface area contributed by atoms with E-state index in [1.54, 1.807) is 35.9 Å². The van der Waals surface area contributed by atoms with Crippen LogP contribution in [0.1, 0.15) is 55.1 Å². The number of hydrogen-bond acceptors (Lipinski definition) is 8. The molecule has 0 radical (unpaired) electrons. The van der Waals surface area contributed by atoms with Gasteiger partial charge in [-0.15, -0.1) is 11.3 Å². The zero-order valence-corrected chi connectivity index (χ0v) is 24.4. The predicted octanol–water partition coefficient (Wildman–Crippen LogP) is 2.59. The number of methoxy groups -OCH3 is 1. The van der Waals surface area contributed by atoms with Crippen molar-refractivity contribution in [3.63, 3.8) is 0 Å². The molecule has 11 nitrogen and oxygen atoms in total. The van der Waals surface area contributed by atoms with Crippen LogP contribution in [0.4, 0.5) is 0 Å². The largest absolute Gasteiger partial charge is 0.493 e. The first kappa shape index (κ1) is 28.1. The van der Waals surface area contributed by atoms with E-state index in [2.05, 4.69) is 10.4 Å². The standard InChI is InChI=1S/C27H33N5O6S2/c1-30-22(15-21(29-30)18-7-8-18)26(33)28-16-19-5-4-6-23(25(19)37-2)38-17-20-9-10-24(39-20)27(34)31-11-13-32(14-12-31)40(3,35)36/h4-6,9-10,15,18H,7-8,11-14,16-17H2,1-3H3,(H,28,33). The number of sulfonamides is 1. The van der Waals surface area contributed by atoms with Gasteiger partial charge >= 0.3 is 0 Å². The highest BCUT2D eigenvalue weighted by molar-refractivity contribution is 7.88. The molecule has 1 N–H and O–H groups in total. The highest BCUT2D eigenvalue weighted by atomic mass is 32.2. The lowest BCUT2D eigenvalue weighted by Crippen LogP contribution is -2.50. The third kappa shape index (κ3) is 6.31. The molecule has 0 unspecified atom stereocenters. The number of carbonyl (C=O) groups is 2. The van der Waals surface area contributed by atoms with E-state index in [9.17, 15) is 18.0 Å². The SMILES string of the molecule is COc1c(CNC(=O)c2cc(C3CC3)nn2C)cccc1OCc1ccc(C(=O)N2CCN(S(C)(=O)=O)CC2)s1. The number of aromatic nitrogens is 2. The zero-order valence-electron chi connectivity index (χ0n) is 22.8. The molecule has 40 heavy (non-hydrogen) atoms. The second kappa shape index (κ2) is 11.6. The van der Waals surface area contributed by atoms with Gasteiger partial charge < -0.3 is 19.7 Å². The molecule has 3 aromatic rings. The molecular formula is C27H33N5O6S2. The molecule has 0 spiro atoms. The molecule has 1 saturated carbocycles. The van der Waals surface area contributed by atoms with Gasteiger partial charge in [-0.05, 0) is 37.1 Å². The smallest absolute Gasteiger partial charge is 0.269 e. The number of para-hydroxylation sites is 1. The lowest BCUT2D eigenvalue weighted by atomic mass is 10.1. The van der Waals surface area contributed by atoms with Gasteiger partial charge in [0, 0.05) is 56.1 Å². The second-order valence-electron chi connectivity index (χ2n) is 9.99. The molecular weight excluding hydrogens is 554 g/mol. The minimum atomic E-state index is -3.25. The summed E-state index contributed by atoms with van der Waals surface area (Å²) in [7, 11) is 0.0800. The lowest BCUT2D eigenvalue weighted by Gasteiger charge is -2.33. The van der Waals surface area contributed by atoms with Gasteiger partial charge in [-0.2, -0.15) is 9.40 Å². The average molecular weight is 588 g/mol. The maximum absolute atomic E-state index is 12.9. The first-order valence-corrected chi connectivity index (χ1v) is 15.7. The molecule has 2 aromatic heterocycles. The Morgan fingerprint density at radius 2 is 1.88 bits per heavy atom. The maximum Gasteiger partial charge on any atom is 0.269 e. The Kier molecular flexibility index (Phi) is 8.15. The van der Waals surface area contributed by atoms with Gasteiger partial charge in [-0.3, -0.25) is 14.3 Å². The Morgan fingerprint density at radius 3 is 2.55 bits per heavy atom. The van der Waals surface area contributed by atoms with Crippen molar-refractivity contribution in [2.24, 2.45) is 7.05 Å². The lowest BCUT2D eigenvalue weighted by molar-refractivity contribution is 0.0703. The van der Waals surface area contributed by atoms with E-state index < -0.39 is 10.0 Å². The number of piperazine rings is 1. The minimum absolute atomic E-state index is 0.114. The summed E-state index contributed by atoms with van der Waals surface area (Å²) in [4.78, 5) is 28.9. The molecule has 2 amide bonds. The number of thiophene rings is 1. The summed E-state index contributed by atoms with van der Waals surface area (Å²) in [5, 5.41) is 7.42. The number of aryl methyl sites for hydroxylation is 1. The van der Waals surface area contributed by atoms with Crippen molar-refractivity contribution in [1.82, 2.24) is 24.3 Å². The van der Waals surface area contributed by atoms with Crippen LogP contribution < -0.4 is 14.8 Å². The van der Waals surface area contributed by atoms with Crippen LogP contribution in [-0.4, -0.2) is 78.8 Å². The number of nitrogens with one attached hydrogen (secondary N) is 1. The number of ether oxygens (including phenoxy) is 2. The van der Waals surface area contributed by atoms with Crippen molar-refractivity contribution in [2.45, 2.75) is 31.9 Å². The van der Waals surface area contributed by atoms with Crippen LogP contribution >= 0.6 is 11.3 Å². The first-order chi connectivity index (χ1) is 19.1. The Hall–Kier alpha value is -3.42. The zero-order chi connectivity index (χ0) is 28.4. The van der Waals surface area contributed by atoms with E-state index in [1.807, 2.05) is 24.3 Å². The minimum Gasteiger partial charge on any atom is -0.493 e. The summed E-state index contributed by atoms with van der Waals surface area (Å²) in [5.41, 5.74) is 2.26. The van der Waals surface area contributed by atoms with Crippen molar-refractivity contribution < 1.29 is 27.5 Å². The number of hydrogen-bond donors (Lipinski definition) is 1. The van der Waals surface area contributed by atoms with Gasteiger partial charge in [0.1, 0.15) is 12.3 Å². The number of benzene rings is 1. The van der Waals surface area contributed by atoms with Gasteiger partial charge in [-0.25, -0.2) is 8.42 Å². The first-order valence-electron chi connectivity index (χ1n) is 13.1. The summed E-state index contributed by atoms with van der Waals surface area (Å²) >= 11 is 1.35. The Morgan fingerprint density at radius 1 is 1.12 bits per heavy atom. The maximum atomic E-state index is 12.9. The van der Waals surface area contributed by atoms with Crippen LogP contribution in [0.3, 0.4) is 0 Å². The third-order valence-electron chi connectivity index (χ3n) is 7.07. The van der Waals surface area contributed by atoms with E-state index in [-0.39, 0.29) is 25.0 Å². The van der Waals surface area contributed by atoms with Crippen LogP contribution in [0, 0.1) is 0 Å². The molecule has 1 saturated heterocycles. The summed E-state index contributed by atoms with van der Waals surface area (Å²) in [6.07, 6.45) is 3.43. The molecule has 2 aliphatic rings. The summed E-state index contributed by atoms with van der Waals surface area (Å²) in [6.45, 7) is 1.81. The molecule has 1 aliphatic carbocycles. The summed E-state index contributed by atoms with van der Waals surface area (Å²) in [6, 6.07) is 11.0. The third-order valence-corrected chi connectivity index (χ3v) is 9.42. The Bertz CT molecular complexity index is 1500. The molecule has 1 aromatic carbocycles. The predicted molar refractivity (Wildman–Crippen MR) is 150 cm³/mol. The van der Waals surface area contributed by atoms with Gasteiger partial charge in [-0.1, -0.05) is 12.1 Å². The molecule has 0 bridgehead atoms. The van der Waals surface area contributed by atoms with E-state index in [0.29, 0.717) is 54.2 Å². The van der Waals surface area contributed by atoms with E-state index in [4.69, 9.17) is 9.47 Å². The fourth-order valence-electron chi connectivity index (χ4n) is 4.69. The quantitative estimate of drug-likeness (QED) is 0.387. The van der Waals surface area contributed by atoms with Gasteiger partial charge in [0.2, 0.25) is 10.0 Å². The highest BCUT2D eigenvalue weighted by Crippen LogP contribution is 2.39. The van der Waals surface area contributed by atoms with Crippen molar-refractivity contribution in [3.05, 3.63) is 63.1 Å². The fourth-order valence-corrected chi connectivity index (χ4v) is 6.41. The number of rotatable bonds is 10. The molecule has 13 heteroatoms. The van der Waals surface area contributed by atoms with Crippen molar-refractivity contribution in [2.75, 3.05) is 39.5 Å². The van der Waals surface area contributed by atoms with Crippen LogP contribution in [0.5, 0.6) is 11.5 Å². The summed E-state index contributed by atoms with van der Waals surface area (Å²) < 4.78 is 38.2. The van der Waals surface area contributed by atoms with E-state index in [0.717, 1.165) is 29.0 Å². The van der Waals surface area contributed by atoms with Gasteiger partial charge in [0.05, 0.1) is 23.9 Å². The van der Waals surface area contributed by atoms with Crippen LogP contribution in [0.25, 0.3) is 0 Å². The summed E-state index contributed by atoms with van der Waals surface area (Å²) in [5.74, 6) is 1.21. The molecule has 214 valence electrons. The number of amides is 2. The number of carbonyl (C=O) groups excluding carboxylic acids is 2. The molecule has 5 rings (SSSR count). The molecule has 1 aliphatic heterocycles. The van der Waals surface area contributed by atoms with Crippen LogP contribution in [0.15, 0.2) is 36.4 Å². The second-order valence-corrected chi connectivity index (χ2v) is 13.1. The number of nitrogens with zero attached hydrogens (tertiary/aromatic N) is 4.